The fourth-order valence-electron chi connectivity index (χ4n) is 1.61. The van der Waals surface area contributed by atoms with Crippen LogP contribution >= 0.6 is 11.8 Å². The van der Waals surface area contributed by atoms with Crippen molar-refractivity contribution in [1.29, 1.82) is 0 Å². The van der Waals surface area contributed by atoms with Crippen LogP contribution in [0.15, 0.2) is 0 Å². The van der Waals surface area contributed by atoms with E-state index < -0.39 is 9.52 Å². The molecule has 78 valence electrons. The third-order valence-electron chi connectivity index (χ3n) is 2.50. The minimum atomic E-state index is -1.83. The third kappa shape index (κ3) is 2.91. The molecule has 3 atom stereocenters. The predicted octanol–water partition coefficient (Wildman–Crippen LogP) is 2.60. The molecule has 13 heavy (non-hydrogen) atoms. The summed E-state index contributed by atoms with van der Waals surface area (Å²) < 4.78 is 12.0. The molecule has 1 fully saturated rings. The van der Waals surface area contributed by atoms with Crippen molar-refractivity contribution in [2.75, 3.05) is 6.26 Å². The zero-order chi connectivity index (χ0) is 10.3. The minimum Gasteiger partial charge on any atom is -0.267 e. The largest absolute Gasteiger partial charge is 0.267 e. The molecule has 1 aliphatic rings. The Balaban J connectivity index is 2.66. The highest BCUT2D eigenvalue weighted by Gasteiger charge is 2.35. The highest BCUT2D eigenvalue weighted by atomic mass is 32.3. The Kier molecular flexibility index (Phi) is 3.08. The van der Waals surface area contributed by atoms with Crippen LogP contribution in [0.3, 0.4) is 0 Å². The molecule has 1 aliphatic heterocycles. The van der Waals surface area contributed by atoms with Crippen molar-refractivity contribution >= 4 is 27.2 Å². The summed E-state index contributed by atoms with van der Waals surface area (Å²) in [7, 11) is -1.83. The van der Waals surface area contributed by atoms with Gasteiger partial charge in [-0.3, -0.25) is 4.21 Å². The first-order valence-electron chi connectivity index (χ1n) is 4.68. The van der Waals surface area contributed by atoms with Crippen molar-refractivity contribution in [1.82, 2.24) is 0 Å². The Morgan fingerprint density at radius 2 is 1.92 bits per heavy atom. The Bertz CT molecular complexity index is 272. The Morgan fingerprint density at radius 3 is 2.15 bits per heavy atom. The van der Waals surface area contributed by atoms with Crippen molar-refractivity contribution in [2.24, 2.45) is 5.41 Å². The first-order valence-corrected chi connectivity index (χ1v) is 7.82. The molecule has 1 saturated heterocycles. The summed E-state index contributed by atoms with van der Waals surface area (Å²) >= 11 is 1.89. The van der Waals surface area contributed by atoms with Crippen LogP contribution in [0.5, 0.6) is 0 Å². The second-order valence-electron chi connectivity index (χ2n) is 5.07. The molecular formula is C10H20OS2. The van der Waals surface area contributed by atoms with Crippen molar-refractivity contribution in [2.45, 2.75) is 43.4 Å². The van der Waals surface area contributed by atoms with E-state index in [9.17, 15) is 4.21 Å². The summed E-state index contributed by atoms with van der Waals surface area (Å²) in [5, 5.41) is 0.653. The van der Waals surface area contributed by atoms with Gasteiger partial charge in [-0.25, -0.2) is 0 Å². The molecule has 0 bridgehead atoms. The van der Waals surface area contributed by atoms with Gasteiger partial charge in [-0.15, -0.1) is 11.8 Å². The van der Waals surface area contributed by atoms with Gasteiger partial charge in [-0.05, 0) is 33.6 Å². The number of hydrogen-bond acceptors (Lipinski definition) is 2. The van der Waals surface area contributed by atoms with Crippen LogP contribution in [-0.4, -0.2) is 26.2 Å². The third-order valence-corrected chi connectivity index (χ3v) is 7.22. The molecule has 0 N–H and O–H groups in total. The first-order chi connectivity index (χ1) is 5.71. The fourth-order valence-corrected chi connectivity index (χ4v) is 4.91. The second kappa shape index (κ2) is 3.50. The summed E-state index contributed by atoms with van der Waals surface area (Å²) in [5.74, 6) is 3.78. The van der Waals surface area contributed by atoms with Crippen LogP contribution in [0.2, 0.25) is 0 Å². The Labute approximate surface area is 86.7 Å². The van der Waals surface area contributed by atoms with E-state index in [-0.39, 0.29) is 4.58 Å². The predicted molar refractivity (Wildman–Crippen MR) is 65.0 cm³/mol. The summed E-state index contributed by atoms with van der Waals surface area (Å²) in [6.07, 6.45) is 4.06. The van der Waals surface area contributed by atoms with Crippen molar-refractivity contribution in [3.8, 4) is 0 Å². The number of thioether (sulfide) groups is 1. The maximum atomic E-state index is 11.7. The molecule has 0 aromatic carbocycles. The van der Waals surface area contributed by atoms with Crippen LogP contribution in [0.1, 0.15) is 33.6 Å². The molecule has 0 spiro atoms. The molecular weight excluding hydrogens is 200 g/mol. The van der Waals surface area contributed by atoms with Gasteiger partial charge in [0, 0.05) is 11.5 Å². The van der Waals surface area contributed by atoms with Gasteiger partial charge in [0.2, 0.25) is 0 Å². The van der Waals surface area contributed by atoms with E-state index in [0.717, 1.165) is 6.42 Å². The van der Waals surface area contributed by atoms with Crippen LogP contribution in [0.4, 0.5) is 0 Å². The zero-order valence-electron chi connectivity index (χ0n) is 9.00. The van der Waals surface area contributed by atoms with Gasteiger partial charge >= 0.3 is 0 Å². The van der Waals surface area contributed by atoms with Crippen LogP contribution in [-0.2, 0) is 9.52 Å². The van der Waals surface area contributed by atoms with E-state index in [4.69, 9.17) is 0 Å². The smallest absolute Gasteiger partial charge is 0.0726 e. The number of rotatable bonds is 1. The molecule has 0 amide bonds. The van der Waals surface area contributed by atoms with Gasteiger partial charge in [0.05, 0.1) is 4.58 Å². The van der Waals surface area contributed by atoms with E-state index in [1.807, 2.05) is 11.8 Å². The van der Waals surface area contributed by atoms with Crippen molar-refractivity contribution in [3.63, 3.8) is 0 Å². The summed E-state index contributed by atoms with van der Waals surface area (Å²) in [6.45, 7) is 6.77. The lowest BCUT2D eigenvalue weighted by Crippen LogP contribution is -2.21. The average molecular weight is 220 g/mol. The highest BCUT2D eigenvalue weighted by Crippen LogP contribution is 2.44. The van der Waals surface area contributed by atoms with E-state index in [1.165, 1.54) is 6.42 Å². The van der Waals surface area contributed by atoms with Gasteiger partial charge in [-0.2, -0.15) is 0 Å². The molecule has 1 nitrogen and oxygen atoms in total. The zero-order valence-corrected chi connectivity index (χ0v) is 10.6. The van der Waals surface area contributed by atoms with Gasteiger partial charge in [0.25, 0.3) is 0 Å². The lowest BCUT2D eigenvalue weighted by atomic mass is 9.89. The monoisotopic (exact) mass is 220 g/mol. The standard InChI is InChI=1S/C10H20OS2/c1-10(2,3)8-6-7-9(12-8)13(4,5)11/h8-9H,4,6-7H2,1-3,5H3. The summed E-state index contributed by atoms with van der Waals surface area (Å²) in [4.78, 5) is 0. The fraction of sp³-hybridized carbons (Fsp3) is 0.900. The maximum absolute atomic E-state index is 11.7. The molecule has 1 rings (SSSR count). The Morgan fingerprint density at radius 1 is 1.38 bits per heavy atom. The normalized spacial score (nSPS) is 34.5. The van der Waals surface area contributed by atoms with Crippen molar-refractivity contribution < 1.29 is 4.21 Å². The molecule has 0 aromatic heterocycles. The van der Waals surface area contributed by atoms with Crippen molar-refractivity contribution in [3.05, 3.63) is 0 Å². The average Bonchev–Trinajstić information content (AvgIpc) is 2.28. The lowest BCUT2D eigenvalue weighted by molar-refractivity contribution is 0.386. The van der Waals surface area contributed by atoms with E-state index in [2.05, 4.69) is 26.6 Å². The Hall–Kier alpha value is 0.370. The quantitative estimate of drug-likeness (QED) is 0.632. The van der Waals surface area contributed by atoms with Gasteiger partial charge in [0.1, 0.15) is 0 Å². The van der Waals surface area contributed by atoms with Crippen LogP contribution < -0.4 is 0 Å². The van der Waals surface area contributed by atoms with E-state index in [1.54, 1.807) is 6.26 Å². The van der Waals surface area contributed by atoms with E-state index in [0.29, 0.717) is 10.7 Å². The second-order valence-corrected chi connectivity index (χ2v) is 9.49. The summed E-state index contributed by atoms with van der Waals surface area (Å²) in [6, 6.07) is 0. The molecule has 1 heterocycles. The SMILES string of the molecule is C=S(C)(=O)C1CCC(C(C)(C)C)S1. The molecule has 3 heteroatoms. The lowest BCUT2D eigenvalue weighted by Gasteiger charge is -2.26. The van der Waals surface area contributed by atoms with Gasteiger partial charge < -0.3 is 0 Å². The topological polar surface area (TPSA) is 17.1 Å². The van der Waals surface area contributed by atoms with Crippen LogP contribution in [0, 0.1) is 5.41 Å². The first kappa shape index (κ1) is 11.4. The van der Waals surface area contributed by atoms with Gasteiger partial charge in [-0.1, -0.05) is 20.8 Å². The van der Waals surface area contributed by atoms with Gasteiger partial charge in [0.15, 0.2) is 0 Å². The molecule has 3 unspecified atom stereocenters. The molecule has 0 radical (unpaired) electrons. The summed E-state index contributed by atoms with van der Waals surface area (Å²) in [5.41, 5.74) is 0.337. The molecule has 0 aliphatic carbocycles. The number of hydrogen-bond donors (Lipinski definition) is 0. The molecule has 0 aromatic rings. The minimum absolute atomic E-state index is 0.289. The molecule has 0 saturated carbocycles. The highest BCUT2D eigenvalue weighted by molar-refractivity contribution is 8.17. The maximum Gasteiger partial charge on any atom is 0.0726 e. The van der Waals surface area contributed by atoms with Crippen LogP contribution in [0.25, 0.3) is 0 Å². The van der Waals surface area contributed by atoms with E-state index >= 15 is 0 Å².